The minimum absolute atomic E-state index is 0.357. The number of anilines is 3. The lowest BCUT2D eigenvalue weighted by molar-refractivity contribution is 0.519. The van der Waals surface area contributed by atoms with Gasteiger partial charge in [-0.15, -0.1) is 0 Å². The van der Waals surface area contributed by atoms with Crippen LogP contribution in [0.1, 0.15) is 40.0 Å². The summed E-state index contributed by atoms with van der Waals surface area (Å²) in [5.74, 6) is 2.63. The lowest BCUT2D eigenvalue weighted by Crippen LogP contribution is -2.20. The third-order valence-electron chi connectivity index (χ3n) is 3.04. The molecule has 0 amide bonds. The molecule has 6 heteroatoms. The quantitative estimate of drug-likeness (QED) is 0.763. The number of aromatic nitrogens is 3. The minimum Gasteiger partial charge on any atom is -0.357 e. The van der Waals surface area contributed by atoms with E-state index in [0.29, 0.717) is 23.9 Å². The molecule has 0 fully saturated rings. The van der Waals surface area contributed by atoms with Crippen molar-refractivity contribution in [3.63, 3.8) is 0 Å². The van der Waals surface area contributed by atoms with E-state index >= 15 is 0 Å². The summed E-state index contributed by atoms with van der Waals surface area (Å²) in [7, 11) is 5.65. The molecule has 1 heterocycles. The molecule has 1 atom stereocenters. The maximum Gasteiger partial charge on any atom is 0.231 e. The van der Waals surface area contributed by atoms with Crippen LogP contribution in [0.25, 0.3) is 0 Å². The van der Waals surface area contributed by atoms with E-state index in [2.05, 4.69) is 46.4 Å². The standard InChI is InChI=1S/C14H28N6/c1-10(2)8-7-9-11(3)16-13-17-12(15-4)18-14(19-13)20(5)6/h10-11H,7-9H2,1-6H3,(H2,15,16,17,18,19). The molecule has 0 radical (unpaired) electrons. The molecule has 1 rings (SSSR count). The van der Waals surface area contributed by atoms with Gasteiger partial charge in [0.15, 0.2) is 0 Å². The minimum atomic E-state index is 0.357. The van der Waals surface area contributed by atoms with Gasteiger partial charge in [0.1, 0.15) is 0 Å². The van der Waals surface area contributed by atoms with Crippen LogP contribution < -0.4 is 15.5 Å². The second-order valence-electron chi connectivity index (χ2n) is 5.80. The molecule has 1 unspecified atom stereocenters. The van der Waals surface area contributed by atoms with Crippen molar-refractivity contribution < 1.29 is 0 Å². The fourth-order valence-electron chi connectivity index (χ4n) is 1.87. The Labute approximate surface area is 122 Å². The summed E-state index contributed by atoms with van der Waals surface area (Å²) in [5, 5.41) is 6.32. The summed E-state index contributed by atoms with van der Waals surface area (Å²) in [6.07, 6.45) is 3.60. The predicted molar refractivity (Wildman–Crippen MR) is 85.5 cm³/mol. The first-order valence-corrected chi connectivity index (χ1v) is 7.30. The van der Waals surface area contributed by atoms with Crippen LogP contribution in [0, 0.1) is 5.92 Å². The third-order valence-corrected chi connectivity index (χ3v) is 3.04. The highest BCUT2D eigenvalue weighted by Crippen LogP contribution is 2.14. The van der Waals surface area contributed by atoms with Gasteiger partial charge < -0.3 is 15.5 Å². The van der Waals surface area contributed by atoms with E-state index in [9.17, 15) is 0 Å². The fourth-order valence-corrected chi connectivity index (χ4v) is 1.87. The molecule has 0 bridgehead atoms. The Hall–Kier alpha value is -1.59. The number of hydrogen-bond acceptors (Lipinski definition) is 6. The molecular formula is C14H28N6. The zero-order valence-electron chi connectivity index (χ0n) is 13.6. The number of nitrogens with zero attached hydrogens (tertiary/aromatic N) is 4. The summed E-state index contributed by atoms with van der Waals surface area (Å²) >= 11 is 0. The van der Waals surface area contributed by atoms with Crippen LogP contribution >= 0.6 is 0 Å². The lowest BCUT2D eigenvalue weighted by atomic mass is 10.0. The van der Waals surface area contributed by atoms with Crippen molar-refractivity contribution in [2.24, 2.45) is 5.92 Å². The Balaban J connectivity index is 2.63. The van der Waals surface area contributed by atoms with Crippen molar-refractivity contribution in [1.29, 1.82) is 0 Å². The Kier molecular flexibility index (Phi) is 6.48. The molecule has 0 aliphatic rings. The first kappa shape index (κ1) is 16.5. The highest BCUT2D eigenvalue weighted by molar-refractivity contribution is 5.42. The van der Waals surface area contributed by atoms with Crippen LogP contribution in [0.2, 0.25) is 0 Å². The van der Waals surface area contributed by atoms with Crippen LogP contribution in [-0.4, -0.2) is 42.1 Å². The molecule has 20 heavy (non-hydrogen) atoms. The zero-order valence-corrected chi connectivity index (χ0v) is 13.6. The van der Waals surface area contributed by atoms with Gasteiger partial charge in [-0.3, -0.25) is 0 Å². The molecule has 1 aromatic rings. The van der Waals surface area contributed by atoms with E-state index in [4.69, 9.17) is 0 Å². The van der Waals surface area contributed by atoms with Crippen molar-refractivity contribution in [2.75, 3.05) is 36.7 Å². The molecule has 114 valence electrons. The molecule has 2 N–H and O–H groups in total. The maximum atomic E-state index is 4.42. The van der Waals surface area contributed by atoms with E-state index in [1.807, 2.05) is 26.0 Å². The number of rotatable bonds is 8. The highest BCUT2D eigenvalue weighted by Gasteiger charge is 2.10. The monoisotopic (exact) mass is 280 g/mol. The van der Waals surface area contributed by atoms with Crippen LogP contribution in [0.3, 0.4) is 0 Å². The normalized spacial score (nSPS) is 12.3. The topological polar surface area (TPSA) is 66.0 Å². The van der Waals surface area contributed by atoms with E-state index in [0.717, 1.165) is 12.3 Å². The van der Waals surface area contributed by atoms with Gasteiger partial charge in [0.05, 0.1) is 0 Å². The van der Waals surface area contributed by atoms with Crippen LogP contribution in [0.4, 0.5) is 17.8 Å². The maximum absolute atomic E-state index is 4.42. The Morgan fingerprint density at radius 3 is 2.20 bits per heavy atom. The van der Waals surface area contributed by atoms with Crippen LogP contribution in [0.5, 0.6) is 0 Å². The summed E-state index contributed by atoms with van der Waals surface area (Å²) in [4.78, 5) is 14.9. The summed E-state index contributed by atoms with van der Waals surface area (Å²) in [6.45, 7) is 6.68. The average Bonchev–Trinajstić information content (AvgIpc) is 2.37. The van der Waals surface area contributed by atoms with E-state index < -0.39 is 0 Å². The largest absolute Gasteiger partial charge is 0.357 e. The highest BCUT2D eigenvalue weighted by atomic mass is 15.3. The van der Waals surface area contributed by atoms with Crippen LogP contribution in [0.15, 0.2) is 0 Å². The molecule has 0 aliphatic heterocycles. The second kappa shape index (κ2) is 7.87. The van der Waals surface area contributed by atoms with E-state index in [1.165, 1.54) is 12.8 Å². The van der Waals surface area contributed by atoms with Gasteiger partial charge in [0.25, 0.3) is 0 Å². The first-order chi connectivity index (χ1) is 9.42. The lowest BCUT2D eigenvalue weighted by Gasteiger charge is -2.17. The zero-order chi connectivity index (χ0) is 15.1. The molecule has 6 nitrogen and oxygen atoms in total. The van der Waals surface area contributed by atoms with Crippen molar-refractivity contribution >= 4 is 17.8 Å². The molecule has 0 aliphatic carbocycles. The van der Waals surface area contributed by atoms with Gasteiger partial charge in [-0.2, -0.15) is 15.0 Å². The van der Waals surface area contributed by atoms with Gasteiger partial charge in [-0.05, 0) is 19.3 Å². The van der Waals surface area contributed by atoms with Crippen molar-refractivity contribution in [1.82, 2.24) is 15.0 Å². The molecule has 0 saturated carbocycles. The Morgan fingerprint density at radius 2 is 1.65 bits per heavy atom. The SMILES string of the molecule is CNc1nc(NC(C)CCCC(C)C)nc(N(C)C)n1. The molecule has 0 aromatic carbocycles. The van der Waals surface area contributed by atoms with Crippen molar-refractivity contribution in [3.8, 4) is 0 Å². The smallest absolute Gasteiger partial charge is 0.231 e. The average molecular weight is 280 g/mol. The van der Waals surface area contributed by atoms with Gasteiger partial charge in [0, 0.05) is 27.2 Å². The Morgan fingerprint density at radius 1 is 1.00 bits per heavy atom. The van der Waals surface area contributed by atoms with Crippen molar-refractivity contribution in [2.45, 2.75) is 46.1 Å². The fraction of sp³-hybridized carbons (Fsp3) is 0.786. The molecule has 1 aromatic heterocycles. The van der Waals surface area contributed by atoms with E-state index in [-0.39, 0.29) is 0 Å². The number of nitrogens with one attached hydrogen (secondary N) is 2. The first-order valence-electron chi connectivity index (χ1n) is 7.30. The summed E-state index contributed by atoms with van der Waals surface area (Å²) in [6, 6.07) is 0.357. The van der Waals surface area contributed by atoms with Crippen molar-refractivity contribution in [3.05, 3.63) is 0 Å². The second-order valence-corrected chi connectivity index (χ2v) is 5.80. The van der Waals surface area contributed by atoms with Gasteiger partial charge >= 0.3 is 0 Å². The van der Waals surface area contributed by atoms with Crippen LogP contribution in [-0.2, 0) is 0 Å². The third kappa shape index (κ3) is 5.59. The van der Waals surface area contributed by atoms with Gasteiger partial charge in [-0.25, -0.2) is 0 Å². The molecule has 0 saturated heterocycles. The van der Waals surface area contributed by atoms with Gasteiger partial charge in [-0.1, -0.05) is 26.7 Å². The summed E-state index contributed by atoms with van der Waals surface area (Å²) in [5.41, 5.74) is 0. The predicted octanol–water partition coefficient (Wildman–Crippen LogP) is 2.61. The number of hydrogen-bond donors (Lipinski definition) is 2. The molecule has 0 spiro atoms. The molecular weight excluding hydrogens is 252 g/mol. The van der Waals surface area contributed by atoms with Gasteiger partial charge in [0.2, 0.25) is 17.8 Å². The van der Waals surface area contributed by atoms with E-state index in [1.54, 1.807) is 0 Å². The Bertz CT molecular complexity index is 405. The summed E-state index contributed by atoms with van der Waals surface area (Å²) < 4.78 is 0.